The molecular formula is C12H17N3O. The van der Waals surface area contributed by atoms with Crippen LogP contribution in [0.2, 0.25) is 0 Å². The van der Waals surface area contributed by atoms with Crippen LogP contribution in [0.3, 0.4) is 0 Å². The van der Waals surface area contributed by atoms with Crippen molar-refractivity contribution in [1.29, 1.82) is 0 Å². The highest BCUT2D eigenvalue weighted by Crippen LogP contribution is 2.25. The lowest BCUT2D eigenvalue weighted by Crippen LogP contribution is -2.25. The second kappa shape index (κ2) is 4.53. The molecule has 0 fully saturated rings. The van der Waals surface area contributed by atoms with Gasteiger partial charge in [0.15, 0.2) is 0 Å². The van der Waals surface area contributed by atoms with E-state index < -0.39 is 0 Å². The van der Waals surface area contributed by atoms with Crippen molar-refractivity contribution in [1.82, 2.24) is 0 Å². The van der Waals surface area contributed by atoms with Gasteiger partial charge in [-0.2, -0.15) is 0 Å². The first-order valence-corrected chi connectivity index (χ1v) is 5.57. The van der Waals surface area contributed by atoms with Crippen LogP contribution in [0.4, 0.5) is 11.4 Å². The fourth-order valence-electron chi connectivity index (χ4n) is 1.77. The zero-order valence-corrected chi connectivity index (χ0v) is 9.42. The number of nitrogens with two attached hydrogens (primary N) is 1. The van der Waals surface area contributed by atoms with E-state index in [1.165, 1.54) is 5.56 Å². The molecule has 4 heteroatoms. The molecule has 86 valence electrons. The smallest absolute Gasteiger partial charge is 0.224 e. The number of hydrogen-bond donors (Lipinski definition) is 3. The number of carbonyl (C=O) groups is 1. The van der Waals surface area contributed by atoms with Gasteiger partial charge >= 0.3 is 0 Å². The van der Waals surface area contributed by atoms with E-state index in [2.05, 4.69) is 16.7 Å². The molecule has 0 bridgehead atoms. The maximum Gasteiger partial charge on any atom is 0.224 e. The predicted octanol–water partition coefficient (Wildman–Crippen LogP) is 1.33. The molecule has 0 radical (unpaired) electrons. The molecule has 0 saturated heterocycles. The van der Waals surface area contributed by atoms with E-state index in [4.69, 9.17) is 5.73 Å². The van der Waals surface area contributed by atoms with E-state index in [0.717, 1.165) is 24.3 Å². The molecule has 0 spiro atoms. The highest BCUT2D eigenvalue weighted by Gasteiger charge is 2.14. The van der Waals surface area contributed by atoms with Crippen LogP contribution in [0.5, 0.6) is 0 Å². The highest BCUT2D eigenvalue weighted by molar-refractivity contribution is 5.94. The molecule has 0 aliphatic carbocycles. The number of benzene rings is 1. The maximum absolute atomic E-state index is 11.2. The van der Waals surface area contributed by atoms with Crippen LogP contribution >= 0.6 is 0 Å². The summed E-state index contributed by atoms with van der Waals surface area (Å²) in [6.07, 6.45) is 1.39. The first-order valence-electron chi connectivity index (χ1n) is 5.57. The van der Waals surface area contributed by atoms with Crippen molar-refractivity contribution in [2.24, 2.45) is 5.73 Å². The van der Waals surface area contributed by atoms with Crippen LogP contribution in [0.15, 0.2) is 18.2 Å². The Bertz CT molecular complexity index is 401. The normalized spacial score (nSPS) is 16.2. The lowest BCUT2D eigenvalue weighted by atomic mass is 10.0. The Morgan fingerprint density at radius 1 is 1.50 bits per heavy atom. The zero-order chi connectivity index (χ0) is 11.5. The second-order valence-corrected chi connectivity index (χ2v) is 4.28. The average molecular weight is 219 g/mol. The van der Waals surface area contributed by atoms with Crippen LogP contribution in [0, 0.1) is 0 Å². The number of carbonyl (C=O) groups excluding carboxylic acids is 1. The monoisotopic (exact) mass is 219 g/mol. The van der Waals surface area contributed by atoms with Crippen molar-refractivity contribution in [3.63, 3.8) is 0 Å². The van der Waals surface area contributed by atoms with Crippen LogP contribution in [0.1, 0.15) is 18.9 Å². The number of anilines is 2. The van der Waals surface area contributed by atoms with Gasteiger partial charge in [-0.15, -0.1) is 0 Å². The van der Waals surface area contributed by atoms with Crippen molar-refractivity contribution in [3.8, 4) is 0 Å². The molecule has 2 rings (SSSR count). The number of fused-ring (bicyclic) bond motifs is 1. The summed E-state index contributed by atoms with van der Waals surface area (Å²) in [5.74, 6) is 0.101. The van der Waals surface area contributed by atoms with Gasteiger partial charge < -0.3 is 16.4 Å². The van der Waals surface area contributed by atoms with E-state index >= 15 is 0 Å². The van der Waals surface area contributed by atoms with Crippen LogP contribution in [-0.4, -0.2) is 18.5 Å². The summed E-state index contributed by atoms with van der Waals surface area (Å²) >= 11 is 0. The average Bonchev–Trinajstić information content (AvgIpc) is 2.26. The summed E-state index contributed by atoms with van der Waals surface area (Å²) in [5.41, 5.74) is 8.86. The van der Waals surface area contributed by atoms with Gasteiger partial charge in [-0.05, 0) is 37.1 Å². The summed E-state index contributed by atoms with van der Waals surface area (Å²) in [5, 5.41) is 6.13. The Morgan fingerprint density at radius 2 is 2.31 bits per heavy atom. The van der Waals surface area contributed by atoms with Crippen molar-refractivity contribution < 1.29 is 4.79 Å². The molecule has 0 saturated carbocycles. The topological polar surface area (TPSA) is 67.1 Å². The largest absolute Gasteiger partial charge is 0.383 e. The van der Waals surface area contributed by atoms with Crippen LogP contribution < -0.4 is 16.4 Å². The van der Waals surface area contributed by atoms with Crippen molar-refractivity contribution in [3.05, 3.63) is 23.8 Å². The molecule has 1 aromatic rings. The Kier molecular flexibility index (Phi) is 3.10. The van der Waals surface area contributed by atoms with Crippen molar-refractivity contribution in [2.75, 3.05) is 17.2 Å². The van der Waals surface area contributed by atoms with E-state index in [0.29, 0.717) is 6.42 Å². The number of amides is 1. The van der Waals surface area contributed by atoms with Gasteiger partial charge in [0, 0.05) is 30.4 Å². The lowest BCUT2D eigenvalue weighted by Gasteiger charge is -2.18. The molecule has 0 aromatic heterocycles. The number of aryl methyl sites for hydroxylation is 1. The second-order valence-electron chi connectivity index (χ2n) is 4.28. The Labute approximate surface area is 95.2 Å². The number of rotatable bonds is 3. The molecule has 1 unspecified atom stereocenters. The minimum absolute atomic E-state index is 0.101. The standard InChI is InChI=1S/C12H17N3O/c1-8(13)7-14-10-3-4-11-9(6-10)2-5-12(16)15-11/h3-4,6,8,14H,2,5,7,13H2,1H3,(H,15,16). The quantitative estimate of drug-likeness (QED) is 0.718. The Hall–Kier alpha value is -1.55. The third-order valence-corrected chi connectivity index (χ3v) is 2.63. The third kappa shape index (κ3) is 2.52. The van der Waals surface area contributed by atoms with E-state index in [-0.39, 0.29) is 11.9 Å². The van der Waals surface area contributed by atoms with Crippen LogP contribution in [-0.2, 0) is 11.2 Å². The van der Waals surface area contributed by atoms with Gasteiger partial charge in [-0.1, -0.05) is 0 Å². The predicted molar refractivity (Wildman–Crippen MR) is 65.5 cm³/mol. The minimum Gasteiger partial charge on any atom is -0.383 e. The maximum atomic E-state index is 11.2. The van der Waals surface area contributed by atoms with Gasteiger partial charge in [0.2, 0.25) is 5.91 Å². The molecule has 4 N–H and O–H groups in total. The first-order chi connectivity index (χ1) is 7.65. The number of nitrogens with one attached hydrogen (secondary N) is 2. The van der Waals surface area contributed by atoms with Gasteiger partial charge in [-0.25, -0.2) is 0 Å². The summed E-state index contributed by atoms with van der Waals surface area (Å²) in [6.45, 7) is 2.72. The molecule has 1 heterocycles. The third-order valence-electron chi connectivity index (χ3n) is 2.63. The molecule has 1 aliphatic rings. The SMILES string of the molecule is CC(N)CNc1ccc2c(c1)CCC(=O)N2. The summed E-state index contributed by atoms with van der Waals surface area (Å²) in [7, 11) is 0. The Morgan fingerprint density at radius 3 is 3.06 bits per heavy atom. The van der Waals surface area contributed by atoms with E-state index in [1.54, 1.807) is 0 Å². The van der Waals surface area contributed by atoms with Gasteiger partial charge in [0.1, 0.15) is 0 Å². The van der Waals surface area contributed by atoms with Crippen molar-refractivity contribution in [2.45, 2.75) is 25.8 Å². The molecule has 1 aromatic carbocycles. The molecule has 1 aliphatic heterocycles. The van der Waals surface area contributed by atoms with Gasteiger partial charge in [0.05, 0.1) is 0 Å². The summed E-state index contributed by atoms with van der Waals surface area (Å²) < 4.78 is 0. The van der Waals surface area contributed by atoms with Crippen molar-refractivity contribution >= 4 is 17.3 Å². The zero-order valence-electron chi connectivity index (χ0n) is 9.42. The molecule has 16 heavy (non-hydrogen) atoms. The van der Waals surface area contributed by atoms with Gasteiger partial charge in [-0.3, -0.25) is 4.79 Å². The number of hydrogen-bond acceptors (Lipinski definition) is 3. The molecular weight excluding hydrogens is 202 g/mol. The molecule has 4 nitrogen and oxygen atoms in total. The fourth-order valence-corrected chi connectivity index (χ4v) is 1.77. The minimum atomic E-state index is 0.101. The van der Waals surface area contributed by atoms with E-state index in [1.807, 2.05) is 19.1 Å². The Balaban J connectivity index is 2.10. The molecule has 1 amide bonds. The molecule has 1 atom stereocenters. The lowest BCUT2D eigenvalue weighted by molar-refractivity contribution is -0.116. The summed E-state index contributed by atoms with van der Waals surface area (Å²) in [6, 6.07) is 6.12. The van der Waals surface area contributed by atoms with Crippen LogP contribution in [0.25, 0.3) is 0 Å². The van der Waals surface area contributed by atoms with E-state index in [9.17, 15) is 4.79 Å². The fraction of sp³-hybridized carbons (Fsp3) is 0.417. The van der Waals surface area contributed by atoms with Gasteiger partial charge in [0.25, 0.3) is 0 Å². The highest BCUT2D eigenvalue weighted by atomic mass is 16.1. The summed E-state index contributed by atoms with van der Waals surface area (Å²) in [4.78, 5) is 11.2. The first kappa shape index (κ1) is 11.0.